The molecule has 0 aliphatic carbocycles. The van der Waals surface area contributed by atoms with E-state index in [0.717, 1.165) is 16.8 Å². The summed E-state index contributed by atoms with van der Waals surface area (Å²) in [4.78, 5) is 16.8. The number of halogens is 3. The van der Waals surface area contributed by atoms with Crippen LogP contribution in [0, 0.1) is 6.92 Å². The van der Waals surface area contributed by atoms with Gasteiger partial charge in [-0.15, -0.1) is 0 Å². The average molecular weight is 443 g/mol. The lowest BCUT2D eigenvalue weighted by molar-refractivity contribution is -0.123. The molecule has 1 aromatic carbocycles. The van der Waals surface area contributed by atoms with Gasteiger partial charge in [-0.05, 0) is 42.3 Å². The van der Waals surface area contributed by atoms with Crippen LogP contribution in [0.15, 0.2) is 49.1 Å². The van der Waals surface area contributed by atoms with Crippen molar-refractivity contribution in [3.05, 3.63) is 60.2 Å². The van der Waals surface area contributed by atoms with Crippen LogP contribution >= 0.6 is 0 Å². The summed E-state index contributed by atoms with van der Waals surface area (Å²) in [5.41, 5.74) is 4.66. The number of nitrogens with zero attached hydrogens (tertiary/aromatic N) is 4. The first-order valence-electron chi connectivity index (χ1n) is 9.66. The van der Waals surface area contributed by atoms with Crippen LogP contribution in [0.1, 0.15) is 15.9 Å². The van der Waals surface area contributed by atoms with Crippen molar-refractivity contribution in [1.82, 2.24) is 24.5 Å². The number of benzene rings is 1. The molecule has 0 spiro atoms. The summed E-state index contributed by atoms with van der Waals surface area (Å²) in [5.74, 6) is -0.663. The predicted octanol–water partition coefficient (Wildman–Crippen LogP) is 4.01. The molecular formula is C22H20F3N5O2. The van der Waals surface area contributed by atoms with Crippen molar-refractivity contribution in [2.24, 2.45) is 7.05 Å². The van der Waals surface area contributed by atoms with Crippen molar-refractivity contribution in [3.8, 4) is 28.1 Å². The lowest BCUT2D eigenvalue weighted by Gasteiger charge is -2.15. The second kappa shape index (κ2) is 8.03. The summed E-state index contributed by atoms with van der Waals surface area (Å²) in [6.07, 6.45) is 2.76. The normalized spacial score (nSPS) is 11.7. The molecule has 0 aliphatic rings. The van der Waals surface area contributed by atoms with E-state index in [1.165, 1.54) is 7.11 Å². The van der Waals surface area contributed by atoms with Crippen LogP contribution in [0.25, 0.3) is 28.0 Å². The Bertz CT molecular complexity index is 1310. The Labute approximate surface area is 181 Å². The number of methoxy groups -OCH3 is 1. The van der Waals surface area contributed by atoms with Gasteiger partial charge in [-0.1, -0.05) is 0 Å². The molecule has 0 radical (unpaired) electrons. The molecule has 32 heavy (non-hydrogen) atoms. The Kier molecular flexibility index (Phi) is 5.37. The topological polar surface area (TPSA) is 73.5 Å². The van der Waals surface area contributed by atoms with E-state index < -0.39 is 18.6 Å². The van der Waals surface area contributed by atoms with Crippen molar-refractivity contribution in [2.45, 2.75) is 13.1 Å². The number of aromatic nitrogens is 4. The van der Waals surface area contributed by atoms with Gasteiger partial charge < -0.3 is 10.1 Å². The van der Waals surface area contributed by atoms with E-state index in [4.69, 9.17) is 4.74 Å². The molecule has 3 heterocycles. The average Bonchev–Trinajstić information content (AvgIpc) is 3.36. The lowest BCUT2D eigenvalue weighted by Crippen LogP contribution is -2.34. The molecule has 4 rings (SSSR count). The fraction of sp³-hybridized carbons (Fsp3) is 0.227. The summed E-state index contributed by atoms with van der Waals surface area (Å²) in [6, 6.07) is 7.22. The highest BCUT2D eigenvalue weighted by Crippen LogP contribution is 2.32. The van der Waals surface area contributed by atoms with Crippen LogP contribution in [0.2, 0.25) is 0 Å². The van der Waals surface area contributed by atoms with Gasteiger partial charge in [-0.3, -0.25) is 13.9 Å². The van der Waals surface area contributed by atoms with Crippen LogP contribution in [0.4, 0.5) is 13.2 Å². The van der Waals surface area contributed by atoms with E-state index in [2.05, 4.69) is 10.1 Å². The van der Waals surface area contributed by atoms with E-state index in [0.29, 0.717) is 16.8 Å². The highest BCUT2D eigenvalue weighted by Gasteiger charge is 2.29. The minimum atomic E-state index is -4.50. The van der Waals surface area contributed by atoms with Gasteiger partial charge in [0.25, 0.3) is 5.91 Å². The summed E-state index contributed by atoms with van der Waals surface area (Å²) < 4.78 is 46.4. The SMILES string of the molecule is COc1cc(-c2cnc3cc(-c4cnn(C)c4)ccn23)cc(C)c1C(=O)NCC(F)(F)F. The van der Waals surface area contributed by atoms with Crippen molar-refractivity contribution < 1.29 is 22.7 Å². The molecule has 0 atom stereocenters. The van der Waals surface area contributed by atoms with Gasteiger partial charge in [0.05, 0.1) is 30.8 Å². The fourth-order valence-electron chi connectivity index (χ4n) is 3.57. The monoisotopic (exact) mass is 443 g/mol. The van der Waals surface area contributed by atoms with E-state index in [9.17, 15) is 18.0 Å². The van der Waals surface area contributed by atoms with Crippen molar-refractivity contribution in [2.75, 3.05) is 13.7 Å². The van der Waals surface area contributed by atoms with Gasteiger partial charge in [-0.2, -0.15) is 18.3 Å². The van der Waals surface area contributed by atoms with Gasteiger partial charge in [0.1, 0.15) is 17.9 Å². The number of imidazole rings is 1. The predicted molar refractivity (Wildman–Crippen MR) is 113 cm³/mol. The van der Waals surface area contributed by atoms with Crippen LogP contribution in [-0.2, 0) is 7.05 Å². The Balaban J connectivity index is 1.70. The number of nitrogens with one attached hydrogen (secondary N) is 1. The molecule has 166 valence electrons. The molecule has 0 unspecified atom stereocenters. The molecular weight excluding hydrogens is 423 g/mol. The molecule has 0 saturated heterocycles. The van der Waals surface area contributed by atoms with Gasteiger partial charge >= 0.3 is 6.18 Å². The Morgan fingerprint density at radius 2 is 1.94 bits per heavy atom. The second-order valence-corrected chi connectivity index (χ2v) is 7.36. The molecule has 7 nitrogen and oxygen atoms in total. The minimum Gasteiger partial charge on any atom is -0.496 e. The number of pyridine rings is 1. The van der Waals surface area contributed by atoms with Crippen molar-refractivity contribution in [3.63, 3.8) is 0 Å². The number of carbonyl (C=O) groups excluding carboxylic acids is 1. The largest absolute Gasteiger partial charge is 0.496 e. The van der Waals surface area contributed by atoms with Gasteiger partial charge in [0.2, 0.25) is 0 Å². The molecule has 4 aromatic rings. The van der Waals surface area contributed by atoms with Crippen molar-refractivity contribution in [1.29, 1.82) is 0 Å². The number of aryl methyl sites for hydroxylation is 2. The van der Waals surface area contributed by atoms with E-state index >= 15 is 0 Å². The van der Waals surface area contributed by atoms with E-state index in [1.807, 2.05) is 41.3 Å². The maximum Gasteiger partial charge on any atom is 0.405 e. The molecule has 0 fully saturated rings. The highest BCUT2D eigenvalue weighted by molar-refractivity contribution is 5.99. The van der Waals surface area contributed by atoms with E-state index in [1.54, 1.807) is 36.1 Å². The van der Waals surface area contributed by atoms with Gasteiger partial charge in [-0.25, -0.2) is 4.98 Å². The zero-order chi connectivity index (χ0) is 23.0. The second-order valence-electron chi connectivity index (χ2n) is 7.36. The first kappa shape index (κ1) is 21.4. The summed E-state index contributed by atoms with van der Waals surface area (Å²) in [7, 11) is 3.21. The third kappa shape index (κ3) is 4.16. The summed E-state index contributed by atoms with van der Waals surface area (Å²) >= 11 is 0. The number of hydrogen-bond acceptors (Lipinski definition) is 4. The molecule has 1 amide bonds. The minimum absolute atomic E-state index is 0.0631. The standard InChI is InChI=1S/C22H20F3N5O2/c1-13-6-15(7-18(32-3)20(13)21(31)27-12-22(23,24)25)17-10-26-19-8-14(4-5-30(17)19)16-9-28-29(2)11-16/h4-11H,12H2,1-3H3,(H,27,31). The molecule has 3 aromatic heterocycles. The molecule has 1 N–H and O–H groups in total. The summed E-state index contributed by atoms with van der Waals surface area (Å²) in [6.45, 7) is 0.237. The number of carbonyl (C=O) groups is 1. The Hall–Kier alpha value is -3.82. The van der Waals surface area contributed by atoms with Crippen LogP contribution in [0.5, 0.6) is 5.75 Å². The van der Waals surface area contributed by atoms with E-state index in [-0.39, 0.29) is 11.3 Å². The quantitative estimate of drug-likeness (QED) is 0.506. The zero-order valence-electron chi connectivity index (χ0n) is 17.6. The number of amides is 1. The first-order valence-corrected chi connectivity index (χ1v) is 9.66. The van der Waals surface area contributed by atoms with Gasteiger partial charge in [0, 0.05) is 30.6 Å². The zero-order valence-corrected chi connectivity index (χ0v) is 17.6. The van der Waals surface area contributed by atoms with Gasteiger partial charge in [0.15, 0.2) is 0 Å². The van der Waals surface area contributed by atoms with Crippen LogP contribution in [0.3, 0.4) is 0 Å². The Morgan fingerprint density at radius 3 is 2.59 bits per heavy atom. The smallest absolute Gasteiger partial charge is 0.405 e. The third-order valence-electron chi connectivity index (χ3n) is 5.04. The summed E-state index contributed by atoms with van der Waals surface area (Å²) in [5, 5.41) is 6.08. The fourth-order valence-corrected chi connectivity index (χ4v) is 3.57. The third-order valence-corrected chi connectivity index (χ3v) is 5.04. The molecule has 0 aliphatic heterocycles. The Morgan fingerprint density at radius 1 is 1.16 bits per heavy atom. The first-order chi connectivity index (χ1) is 15.2. The number of alkyl halides is 3. The number of hydrogen-bond donors (Lipinski definition) is 1. The van der Waals surface area contributed by atoms with Crippen LogP contribution < -0.4 is 10.1 Å². The number of rotatable bonds is 5. The number of ether oxygens (including phenoxy) is 1. The van der Waals surface area contributed by atoms with Crippen LogP contribution in [-0.4, -0.2) is 44.9 Å². The maximum absolute atomic E-state index is 12.5. The molecule has 0 bridgehead atoms. The lowest BCUT2D eigenvalue weighted by atomic mass is 10.0. The maximum atomic E-state index is 12.5. The molecule has 10 heteroatoms. The van der Waals surface area contributed by atoms with Crippen molar-refractivity contribution >= 4 is 11.6 Å². The number of fused-ring (bicyclic) bond motifs is 1. The molecule has 0 saturated carbocycles. The highest BCUT2D eigenvalue weighted by atomic mass is 19.4.